The van der Waals surface area contributed by atoms with Gasteiger partial charge in [0.05, 0.1) is 5.75 Å². The number of rotatable bonds is 8. The van der Waals surface area contributed by atoms with Crippen LogP contribution in [0, 0.1) is 0 Å². The van der Waals surface area contributed by atoms with Crippen molar-refractivity contribution in [3.63, 3.8) is 0 Å². The summed E-state index contributed by atoms with van der Waals surface area (Å²) in [7, 11) is 0. The van der Waals surface area contributed by atoms with Crippen LogP contribution in [-0.4, -0.2) is 18.2 Å². The first-order chi connectivity index (χ1) is 11.2. The van der Waals surface area contributed by atoms with Crippen molar-refractivity contribution in [1.82, 2.24) is 5.32 Å². The third-order valence-corrected chi connectivity index (χ3v) is 5.02. The molecular formula is C18H19Cl2NOS. The number of hydrogen-bond acceptors (Lipinski definition) is 2. The number of carbonyl (C=O) groups excluding carboxylic acids is 1. The number of amides is 1. The zero-order valence-corrected chi connectivity index (χ0v) is 15.1. The molecule has 0 aliphatic heterocycles. The van der Waals surface area contributed by atoms with Gasteiger partial charge in [0, 0.05) is 22.3 Å². The minimum atomic E-state index is 0.0474. The minimum Gasteiger partial charge on any atom is -0.355 e. The molecule has 23 heavy (non-hydrogen) atoms. The van der Waals surface area contributed by atoms with Crippen molar-refractivity contribution in [3.8, 4) is 0 Å². The summed E-state index contributed by atoms with van der Waals surface area (Å²) in [5.74, 6) is 1.09. The molecule has 0 bridgehead atoms. The quantitative estimate of drug-likeness (QED) is 0.666. The maximum Gasteiger partial charge on any atom is 0.230 e. The second-order valence-electron chi connectivity index (χ2n) is 5.13. The van der Waals surface area contributed by atoms with E-state index in [1.807, 2.05) is 36.4 Å². The Kier molecular flexibility index (Phi) is 7.80. The van der Waals surface area contributed by atoms with Crippen LogP contribution < -0.4 is 5.32 Å². The molecule has 0 unspecified atom stereocenters. The summed E-state index contributed by atoms with van der Waals surface area (Å²) in [5, 5.41) is 4.24. The summed E-state index contributed by atoms with van der Waals surface area (Å²) in [6, 6.07) is 15.7. The highest BCUT2D eigenvalue weighted by Crippen LogP contribution is 2.28. The van der Waals surface area contributed by atoms with Gasteiger partial charge in [-0.05, 0) is 36.1 Å². The van der Waals surface area contributed by atoms with Crippen LogP contribution >= 0.6 is 35.0 Å². The van der Waals surface area contributed by atoms with Crippen molar-refractivity contribution in [2.45, 2.75) is 18.6 Å². The topological polar surface area (TPSA) is 29.1 Å². The Morgan fingerprint density at radius 2 is 1.70 bits per heavy atom. The molecule has 2 aromatic carbocycles. The van der Waals surface area contributed by atoms with E-state index in [1.54, 1.807) is 0 Å². The predicted octanol–water partition coefficient (Wildman–Crippen LogP) is 4.98. The van der Waals surface area contributed by atoms with Gasteiger partial charge in [-0.25, -0.2) is 0 Å². The molecule has 0 aliphatic rings. The SMILES string of the molecule is O=C(CSCc1c(Cl)cccc1Cl)NCCCc1ccccc1. The minimum absolute atomic E-state index is 0.0474. The highest BCUT2D eigenvalue weighted by molar-refractivity contribution is 7.99. The van der Waals surface area contributed by atoms with Crippen molar-refractivity contribution in [2.24, 2.45) is 0 Å². The van der Waals surface area contributed by atoms with Crippen molar-refractivity contribution in [3.05, 3.63) is 69.7 Å². The first-order valence-electron chi connectivity index (χ1n) is 7.48. The van der Waals surface area contributed by atoms with Crippen LogP contribution in [0.25, 0.3) is 0 Å². The lowest BCUT2D eigenvalue weighted by Gasteiger charge is -2.07. The average Bonchev–Trinajstić information content (AvgIpc) is 2.55. The van der Waals surface area contributed by atoms with Gasteiger partial charge in [-0.1, -0.05) is 59.6 Å². The lowest BCUT2D eigenvalue weighted by Crippen LogP contribution is -2.26. The Morgan fingerprint density at radius 3 is 2.39 bits per heavy atom. The van der Waals surface area contributed by atoms with Crippen LogP contribution in [0.5, 0.6) is 0 Å². The van der Waals surface area contributed by atoms with E-state index in [9.17, 15) is 4.79 Å². The molecule has 0 atom stereocenters. The predicted molar refractivity (Wildman–Crippen MR) is 100 cm³/mol. The molecular weight excluding hydrogens is 349 g/mol. The zero-order valence-electron chi connectivity index (χ0n) is 12.7. The Labute approximate surface area is 151 Å². The van der Waals surface area contributed by atoms with Gasteiger partial charge in [-0.15, -0.1) is 11.8 Å². The largest absolute Gasteiger partial charge is 0.355 e. The Bertz CT molecular complexity index is 614. The fourth-order valence-corrected chi connectivity index (χ4v) is 3.73. The normalized spacial score (nSPS) is 10.5. The van der Waals surface area contributed by atoms with Gasteiger partial charge in [0.1, 0.15) is 0 Å². The fourth-order valence-electron chi connectivity index (χ4n) is 2.13. The molecule has 0 fully saturated rings. The number of benzene rings is 2. The van der Waals surface area contributed by atoms with Crippen molar-refractivity contribution >= 4 is 40.9 Å². The molecule has 5 heteroatoms. The van der Waals surface area contributed by atoms with Gasteiger partial charge in [-0.3, -0.25) is 4.79 Å². The molecule has 122 valence electrons. The van der Waals surface area contributed by atoms with E-state index in [0.29, 0.717) is 28.1 Å². The maximum atomic E-state index is 11.8. The monoisotopic (exact) mass is 367 g/mol. The summed E-state index contributed by atoms with van der Waals surface area (Å²) in [6.45, 7) is 0.696. The summed E-state index contributed by atoms with van der Waals surface area (Å²) in [4.78, 5) is 11.8. The van der Waals surface area contributed by atoms with E-state index in [2.05, 4.69) is 17.4 Å². The van der Waals surface area contributed by atoms with E-state index in [4.69, 9.17) is 23.2 Å². The Balaban J connectivity index is 1.62. The fraction of sp³-hybridized carbons (Fsp3) is 0.278. The molecule has 0 aliphatic carbocycles. The van der Waals surface area contributed by atoms with Crippen LogP contribution in [-0.2, 0) is 17.0 Å². The first kappa shape index (κ1) is 18.2. The Morgan fingerprint density at radius 1 is 1.00 bits per heavy atom. The van der Waals surface area contributed by atoms with E-state index < -0.39 is 0 Å². The third-order valence-electron chi connectivity index (χ3n) is 3.35. The molecule has 2 rings (SSSR count). The van der Waals surface area contributed by atoms with E-state index in [-0.39, 0.29) is 5.91 Å². The molecule has 2 aromatic rings. The van der Waals surface area contributed by atoms with E-state index in [0.717, 1.165) is 18.4 Å². The second kappa shape index (κ2) is 9.86. The van der Waals surface area contributed by atoms with Crippen molar-refractivity contribution in [1.29, 1.82) is 0 Å². The average molecular weight is 368 g/mol. The van der Waals surface area contributed by atoms with Gasteiger partial charge in [0.2, 0.25) is 5.91 Å². The summed E-state index contributed by atoms with van der Waals surface area (Å²) >= 11 is 13.7. The van der Waals surface area contributed by atoms with Crippen LogP contribution in [0.4, 0.5) is 0 Å². The molecule has 0 aromatic heterocycles. The first-order valence-corrected chi connectivity index (χ1v) is 9.39. The Hall–Kier alpha value is -1.16. The highest BCUT2D eigenvalue weighted by Gasteiger charge is 2.07. The summed E-state index contributed by atoms with van der Waals surface area (Å²) < 4.78 is 0. The molecule has 1 amide bonds. The van der Waals surface area contributed by atoms with Crippen LogP contribution in [0.2, 0.25) is 10.0 Å². The van der Waals surface area contributed by atoms with Gasteiger partial charge in [0.15, 0.2) is 0 Å². The zero-order chi connectivity index (χ0) is 16.5. The molecule has 0 radical (unpaired) electrons. The maximum absolute atomic E-state index is 11.8. The van der Waals surface area contributed by atoms with Crippen molar-refractivity contribution < 1.29 is 4.79 Å². The van der Waals surface area contributed by atoms with Crippen LogP contribution in [0.3, 0.4) is 0 Å². The molecule has 1 N–H and O–H groups in total. The van der Waals surface area contributed by atoms with Crippen molar-refractivity contribution in [2.75, 3.05) is 12.3 Å². The van der Waals surface area contributed by atoms with Crippen LogP contribution in [0.15, 0.2) is 48.5 Å². The van der Waals surface area contributed by atoms with Crippen LogP contribution in [0.1, 0.15) is 17.5 Å². The second-order valence-corrected chi connectivity index (χ2v) is 6.93. The summed E-state index contributed by atoms with van der Waals surface area (Å²) in [5.41, 5.74) is 2.18. The molecule has 2 nitrogen and oxygen atoms in total. The number of carbonyl (C=O) groups is 1. The van der Waals surface area contributed by atoms with Gasteiger partial charge in [0.25, 0.3) is 0 Å². The van der Waals surface area contributed by atoms with E-state index in [1.165, 1.54) is 17.3 Å². The molecule has 0 saturated carbocycles. The third kappa shape index (κ3) is 6.46. The van der Waals surface area contributed by atoms with E-state index >= 15 is 0 Å². The van der Waals surface area contributed by atoms with Gasteiger partial charge < -0.3 is 5.32 Å². The number of thioether (sulfide) groups is 1. The van der Waals surface area contributed by atoms with Gasteiger partial charge >= 0.3 is 0 Å². The number of aryl methyl sites for hydroxylation is 1. The molecule has 0 heterocycles. The van der Waals surface area contributed by atoms with Gasteiger partial charge in [-0.2, -0.15) is 0 Å². The highest BCUT2D eigenvalue weighted by atomic mass is 35.5. The number of halogens is 2. The number of hydrogen-bond donors (Lipinski definition) is 1. The smallest absolute Gasteiger partial charge is 0.230 e. The number of nitrogens with one attached hydrogen (secondary N) is 1. The standard InChI is InChI=1S/C18H19Cl2NOS/c19-16-9-4-10-17(20)15(16)12-23-13-18(22)21-11-5-8-14-6-2-1-3-7-14/h1-4,6-7,9-10H,5,8,11-13H2,(H,21,22). The lowest BCUT2D eigenvalue weighted by atomic mass is 10.1. The molecule has 0 saturated heterocycles. The lowest BCUT2D eigenvalue weighted by molar-refractivity contribution is -0.118. The summed E-state index contributed by atoms with van der Waals surface area (Å²) in [6.07, 6.45) is 1.92. The molecule has 0 spiro atoms.